The molecule has 3 aromatic carbocycles. The van der Waals surface area contributed by atoms with E-state index in [4.69, 9.17) is 9.78 Å². The summed E-state index contributed by atoms with van der Waals surface area (Å²) in [5, 5.41) is 13.7. The van der Waals surface area contributed by atoms with Gasteiger partial charge in [-0.2, -0.15) is 4.89 Å². The third-order valence-corrected chi connectivity index (χ3v) is 5.33. The normalized spacial score (nSPS) is 23.3. The van der Waals surface area contributed by atoms with Crippen LogP contribution in [0.4, 0.5) is 5.69 Å². The third-order valence-electron chi connectivity index (χ3n) is 5.33. The van der Waals surface area contributed by atoms with Crippen molar-refractivity contribution in [2.45, 2.75) is 24.7 Å². The number of hydrogen-bond acceptors (Lipinski definition) is 4. The molecule has 148 valence electrons. The minimum atomic E-state index is -1.77. The molecule has 0 aromatic heterocycles. The lowest BCUT2D eigenvalue weighted by molar-refractivity contribution is -0.487. The highest BCUT2D eigenvalue weighted by atomic mass is 17.2. The molecule has 0 spiro atoms. The van der Waals surface area contributed by atoms with E-state index in [1.165, 1.54) is 6.92 Å². The Kier molecular flexibility index (Phi) is 5.20. The Morgan fingerprint density at radius 3 is 1.86 bits per heavy atom. The highest BCUT2D eigenvalue weighted by molar-refractivity contribution is 5.93. The van der Waals surface area contributed by atoms with Crippen molar-refractivity contribution in [1.82, 2.24) is 0 Å². The Morgan fingerprint density at radius 1 is 0.862 bits per heavy atom. The van der Waals surface area contributed by atoms with Crippen LogP contribution >= 0.6 is 0 Å². The number of carbonyl (C=O) groups is 1. The van der Waals surface area contributed by atoms with Crippen molar-refractivity contribution in [3.63, 3.8) is 0 Å². The smallest absolute Gasteiger partial charge is 0.233 e. The summed E-state index contributed by atoms with van der Waals surface area (Å²) in [5.74, 6) is -2.97. The molecule has 1 aliphatic rings. The zero-order chi connectivity index (χ0) is 20.3. The molecule has 1 saturated heterocycles. The highest BCUT2D eigenvalue weighted by Gasteiger charge is 2.54. The van der Waals surface area contributed by atoms with Gasteiger partial charge < -0.3 is 10.4 Å². The molecule has 3 aromatic rings. The van der Waals surface area contributed by atoms with E-state index in [0.29, 0.717) is 5.69 Å². The maximum absolute atomic E-state index is 13.1. The molecule has 29 heavy (non-hydrogen) atoms. The first-order chi connectivity index (χ1) is 14.0. The van der Waals surface area contributed by atoms with E-state index < -0.39 is 17.3 Å². The van der Waals surface area contributed by atoms with Gasteiger partial charge in [-0.05, 0) is 30.2 Å². The van der Waals surface area contributed by atoms with Gasteiger partial charge in [-0.25, -0.2) is 4.89 Å². The molecule has 1 heterocycles. The second-order valence-corrected chi connectivity index (χ2v) is 7.39. The summed E-state index contributed by atoms with van der Waals surface area (Å²) in [6.07, 6.45) is 0.215. The number of benzene rings is 3. The lowest BCUT2D eigenvalue weighted by Crippen LogP contribution is -2.54. The molecule has 1 aliphatic heterocycles. The summed E-state index contributed by atoms with van der Waals surface area (Å²) in [6.45, 7) is 1.45. The fourth-order valence-electron chi connectivity index (χ4n) is 3.72. The molecule has 1 fully saturated rings. The monoisotopic (exact) mass is 389 g/mol. The van der Waals surface area contributed by atoms with Gasteiger partial charge in [0, 0.05) is 12.1 Å². The van der Waals surface area contributed by atoms with Crippen LogP contribution < -0.4 is 5.32 Å². The van der Waals surface area contributed by atoms with E-state index in [1.807, 2.05) is 78.9 Å². The molecular weight excluding hydrogens is 366 g/mol. The third kappa shape index (κ3) is 3.80. The largest absolute Gasteiger partial charge is 0.363 e. The van der Waals surface area contributed by atoms with Crippen molar-refractivity contribution in [3.8, 4) is 0 Å². The molecule has 0 bridgehead atoms. The zero-order valence-corrected chi connectivity index (χ0v) is 16.1. The van der Waals surface area contributed by atoms with E-state index >= 15 is 0 Å². The highest BCUT2D eigenvalue weighted by Crippen LogP contribution is 2.47. The summed E-state index contributed by atoms with van der Waals surface area (Å²) in [6, 6.07) is 28.4. The Hall–Kier alpha value is -2.99. The number of para-hydroxylation sites is 1. The van der Waals surface area contributed by atoms with Crippen molar-refractivity contribution in [2.24, 2.45) is 5.92 Å². The molecule has 0 radical (unpaired) electrons. The first kappa shape index (κ1) is 19.3. The Bertz CT molecular complexity index is 918. The lowest BCUT2D eigenvalue weighted by atomic mass is 9.76. The molecule has 2 atom stereocenters. The summed E-state index contributed by atoms with van der Waals surface area (Å²) < 4.78 is 0. The summed E-state index contributed by atoms with van der Waals surface area (Å²) in [7, 11) is 0. The van der Waals surface area contributed by atoms with Crippen molar-refractivity contribution in [1.29, 1.82) is 0 Å². The number of carbonyl (C=O) groups excluding carboxylic acids is 1. The lowest BCUT2D eigenvalue weighted by Gasteiger charge is -2.45. The van der Waals surface area contributed by atoms with Crippen LogP contribution in [0.25, 0.3) is 0 Å². The predicted octanol–water partition coefficient (Wildman–Crippen LogP) is 4.25. The topological polar surface area (TPSA) is 67.8 Å². The number of nitrogens with one attached hydrogen (secondary N) is 1. The molecule has 2 N–H and O–H groups in total. The van der Waals surface area contributed by atoms with Crippen molar-refractivity contribution in [3.05, 3.63) is 102 Å². The number of rotatable bonds is 4. The van der Waals surface area contributed by atoms with Crippen LogP contribution in [0.3, 0.4) is 0 Å². The average Bonchev–Trinajstić information content (AvgIpc) is 2.76. The molecule has 0 aliphatic carbocycles. The van der Waals surface area contributed by atoms with Crippen molar-refractivity contribution >= 4 is 11.6 Å². The SMILES string of the molecule is CC1(O)OOC(c2ccccc2)(c2ccccc2)CC1C(=O)Nc1ccccc1. The summed E-state index contributed by atoms with van der Waals surface area (Å²) >= 11 is 0. The van der Waals surface area contributed by atoms with Gasteiger partial charge in [-0.3, -0.25) is 4.79 Å². The predicted molar refractivity (Wildman–Crippen MR) is 110 cm³/mol. The first-order valence-electron chi connectivity index (χ1n) is 9.57. The van der Waals surface area contributed by atoms with E-state index in [1.54, 1.807) is 12.1 Å². The molecular formula is C24H23NO4. The van der Waals surface area contributed by atoms with E-state index in [0.717, 1.165) is 11.1 Å². The number of amides is 1. The van der Waals surface area contributed by atoms with Crippen LogP contribution in [0, 0.1) is 5.92 Å². The molecule has 2 unspecified atom stereocenters. The van der Waals surface area contributed by atoms with Crippen LogP contribution in [0.2, 0.25) is 0 Å². The van der Waals surface area contributed by atoms with Gasteiger partial charge in [0.1, 0.15) is 0 Å². The van der Waals surface area contributed by atoms with E-state index in [-0.39, 0.29) is 12.3 Å². The van der Waals surface area contributed by atoms with Crippen molar-refractivity contribution in [2.75, 3.05) is 5.32 Å². The van der Waals surface area contributed by atoms with Gasteiger partial charge in [-0.15, -0.1) is 0 Å². The first-order valence-corrected chi connectivity index (χ1v) is 9.57. The van der Waals surface area contributed by atoms with Crippen molar-refractivity contribution < 1.29 is 19.7 Å². The molecule has 0 saturated carbocycles. The van der Waals surface area contributed by atoms with Crippen LogP contribution in [-0.4, -0.2) is 16.8 Å². The Balaban J connectivity index is 1.73. The number of hydrogen-bond donors (Lipinski definition) is 2. The maximum Gasteiger partial charge on any atom is 0.233 e. The van der Waals surface area contributed by atoms with Crippen LogP contribution in [-0.2, 0) is 20.2 Å². The van der Waals surface area contributed by atoms with Gasteiger partial charge in [-0.1, -0.05) is 78.9 Å². The van der Waals surface area contributed by atoms with Gasteiger partial charge in [0.25, 0.3) is 0 Å². The number of anilines is 1. The van der Waals surface area contributed by atoms with Crippen LogP contribution in [0.1, 0.15) is 24.5 Å². The average molecular weight is 389 g/mol. The van der Waals surface area contributed by atoms with Gasteiger partial charge >= 0.3 is 0 Å². The number of aliphatic hydroxyl groups is 1. The molecule has 5 nitrogen and oxygen atoms in total. The molecule has 1 amide bonds. The summed E-state index contributed by atoms with van der Waals surface area (Å²) in [5.41, 5.74) is 1.33. The molecule has 5 heteroatoms. The van der Waals surface area contributed by atoms with Gasteiger partial charge in [0.2, 0.25) is 11.7 Å². The van der Waals surface area contributed by atoms with Crippen LogP contribution in [0.15, 0.2) is 91.0 Å². The fourth-order valence-corrected chi connectivity index (χ4v) is 3.72. The quantitative estimate of drug-likeness (QED) is 0.655. The Labute approximate surface area is 169 Å². The van der Waals surface area contributed by atoms with E-state index in [2.05, 4.69) is 5.32 Å². The second-order valence-electron chi connectivity index (χ2n) is 7.39. The fraction of sp³-hybridized carbons (Fsp3) is 0.208. The van der Waals surface area contributed by atoms with Gasteiger partial charge in [0.15, 0.2) is 5.60 Å². The second kappa shape index (κ2) is 7.79. The standard InChI is InChI=1S/C24H23NO4/c1-23(27)21(22(26)25-20-15-9-4-10-16-20)17-24(29-28-23,18-11-5-2-6-12-18)19-13-7-3-8-14-19/h2-16,21,27H,17H2,1H3,(H,25,26). The summed E-state index contributed by atoms with van der Waals surface area (Å²) in [4.78, 5) is 24.4. The maximum atomic E-state index is 13.1. The van der Waals surface area contributed by atoms with E-state index in [9.17, 15) is 9.90 Å². The Morgan fingerprint density at radius 2 is 1.34 bits per heavy atom. The zero-order valence-electron chi connectivity index (χ0n) is 16.1. The minimum Gasteiger partial charge on any atom is -0.363 e. The van der Waals surface area contributed by atoms with Gasteiger partial charge in [0.05, 0.1) is 5.92 Å². The minimum absolute atomic E-state index is 0.215. The van der Waals surface area contributed by atoms with Crippen LogP contribution in [0.5, 0.6) is 0 Å². The molecule has 4 rings (SSSR count).